The van der Waals surface area contributed by atoms with Crippen LogP contribution in [0.4, 0.5) is 0 Å². The maximum absolute atomic E-state index is 5.67. The molecule has 50 heavy (non-hydrogen) atoms. The quantitative estimate of drug-likeness (QED) is 0.188. The molecule has 0 atom stereocenters. The second-order valence-corrected chi connectivity index (χ2v) is 10.2. The Morgan fingerprint density at radius 3 is 1.04 bits per heavy atom. The van der Waals surface area contributed by atoms with Crippen LogP contribution < -0.4 is 9.47 Å². The van der Waals surface area contributed by atoms with Crippen LogP contribution in [0.1, 0.15) is 143 Å². The van der Waals surface area contributed by atoms with Gasteiger partial charge in [-0.3, -0.25) is 9.97 Å². The Hall–Kier alpha value is -3.64. The van der Waals surface area contributed by atoms with Crippen molar-refractivity contribution in [3.63, 3.8) is 0 Å². The number of hydrogen-bond acceptors (Lipinski definition) is 5. The van der Waals surface area contributed by atoms with E-state index >= 15 is 0 Å². The lowest BCUT2D eigenvalue weighted by atomic mass is 10.0. The Bertz CT molecular complexity index is 1040. The Kier molecular flexibility index (Phi) is 55.9. The fourth-order valence-electron chi connectivity index (χ4n) is 2.93. The molecular weight excluding hydrogens is 615 g/mol. The first-order valence-electron chi connectivity index (χ1n) is 17.4. The molecular formula is C44H80BN2O3. The van der Waals surface area contributed by atoms with E-state index < -0.39 is 0 Å². The average molecular weight is 697 g/mol. The summed E-state index contributed by atoms with van der Waals surface area (Å²) in [4.78, 5) is 7.95. The molecule has 2 aromatic heterocycles. The summed E-state index contributed by atoms with van der Waals surface area (Å²) in [7, 11) is 3.25. The molecule has 6 heteroatoms. The monoisotopic (exact) mass is 697 g/mol. The van der Waals surface area contributed by atoms with Gasteiger partial charge in [-0.25, -0.2) is 0 Å². The van der Waals surface area contributed by atoms with Crippen LogP contribution in [-0.4, -0.2) is 32.6 Å². The minimum atomic E-state index is 0. The van der Waals surface area contributed by atoms with Crippen molar-refractivity contribution in [3.8, 4) is 23.0 Å². The van der Waals surface area contributed by atoms with Gasteiger partial charge in [0.05, 0.1) is 6.20 Å². The lowest BCUT2D eigenvalue weighted by Gasteiger charge is -2.08. The van der Waals surface area contributed by atoms with Crippen molar-refractivity contribution in [3.05, 3.63) is 109 Å². The molecule has 4 aromatic rings. The zero-order valence-corrected chi connectivity index (χ0v) is 33.7. The van der Waals surface area contributed by atoms with Gasteiger partial charge in [-0.05, 0) is 77.4 Å². The second-order valence-electron chi connectivity index (χ2n) is 10.2. The van der Waals surface area contributed by atoms with Gasteiger partial charge in [-0.2, -0.15) is 0 Å². The van der Waals surface area contributed by atoms with Crippen LogP contribution in [0, 0.1) is 5.92 Å². The molecule has 0 amide bonds. The molecule has 0 aliphatic heterocycles. The van der Waals surface area contributed by atoms with E-state index in [2.05, 4.69) is 87.4 Å². The van der Waals surface area contributed by atoms with Gasteiger partial charge < -0.3 is 14.2 Å². The van der Waals surface area contributed by atoms with E-state index in [4.69, 9.17) is 9.47 Å². The van der Waals surface area contributed by atoms with E-state index in [-0.39, 0.29) is 24.7 Å². The first-order chi connectivity index (χ1) is 22.7. The normalized spacial score (nSPS) is 8.24. The molecule has 3 radical (unpaired) electrons. The molecule has 0 spiro atoms. The van der Waals surface area contributed by atoms with Crippen molar-refractivity contribution >= 4 is 8.41 Å². The van der Waals surface area contributed by atoms with E-state index in [9.17, 15) is 0 Å². The number of hydrogen-bond donors (Lipinski definition) is 0. The predicted molar refractivity (Wildman–Crippen MR) is 230 cm³/mol. The number of aromatic nitrogens is 2. The van der Waals surface area contributed by atoms with Gasteiger partial charge in [-0.1, -0.05) is 143 Å². The third kappa shape index (κ3) is 35.7. The Balaban J connectivity index is -0.0000000830. The number of pyridine rings is 2. The molecule has 0 aliphatic carbocycles. The van der Waals surface area contributed by atoms with Gasteiger partial charge in [0, 0.05) is 42.6 Å². The van der Waals surface area contributed by atoms with Gasteiger partial charge in [0.1, 0.15) is 23.0 Å². The summed E-state index contributed by atoms with van der Waals surface area (Å²) in [6.45, 7) is 31.2. The first-order valence-corrected chi connectivity index (χ1v) is 17.4. The van der Waals surface area contributed by atoms with Crippen LogP contribution in [0.3, 0.4) is 0 Å². The number of ether oxygens (including phenoxy) is 3. The highest BCUT2D eigenvalue weighted by Crippen LogP contribution is 2.24. The summed E-state index contributed by atoms with van der Waals surface area (Å²) in [5, 5.41) is 0. The number of nitrogens with zero attached hydrogens (tertiary/aromatic N) is 2. The minimum Gasteiger partial charge on any atom is -0.457 e. The summed E-state index contributed by atoms with van der Waals surface area (Å²) in [6.07, 6.45) is 6.88. The smallest absolute Gasteiger partial charge is 0.145 e. The largest absolute Gasteiger partial charge is 0.457 e. The number of benzene rings is 2. The minimum absolute atomic E-state index is 0. The van der Waals surface area contributed by atoms with Gasteiger partial charge in [0.2, 0.25) is 0 Å². The van der Waals surface area contributed by atoms with Crippen LogP contribution >= 0.6 is 0 Å². The van der Waals surface area contributed by atoms with Crippen molar-refractivity contribution in [2.75, 3.05) is 14.2 Å². The fraction of sp³-hybridized carbons (Fsp3) is 0.500. The molecule has 287 valence electrons. The average Bonchev–Trinajstić information content (AvgIpc) is 3.10. The third-order valence-corrected chi connectivity index (χ3v) is 4.85. The topological polar surface area (TPSA) is 53.5 Å². The predicted octanol–water partition coefficient (Wildman–Crippen LogP) is 15.2. The van der Waals surface area contributed by atoms with Crippen molar-refractivity contribution < 1.29 is 15.6 Å². The molecule has 0 aliphatic rings. The SMILES string of the molecule is C.C.CC.CC.CC.CC.CC(C)C.CC(C)c1ccc(Oc2cccnc2)cc1.CC(C)c1ccc(Oc2ccncc2)cc1.COC.[2HH].[B]. The molecule has 0 saturated heterocycles. The van der Waals surface area contributed by atoms with E-state index in [0.29, 0.717) is 11.8 Å². The number of rotatable bonds is 6. The molecule has 0 unspecified atom stereocenters. The summed E-state index contributed by atoms with van der Waals surface area (Å²) in [5.74, 6) is 5.21. The molecule has 4 rings (SSSR count). The van der Waals surface area contributed by atoms with Crippen molar-refractivity contribution in [2.45, 2.75) is 131 Å². The standard InChI is InChI=1S/2C14H15NO.C4H10.C2H6O.4C2H6.2CH4.B.H2/c1-11(2)12-3-5-13(6-4-12)16-14-7-9-15-10-8-14;1-11(2)12-5-7-13(8-6-12)16-14-4-3-9-15-10-14;1-4(2)3;1-3-2;4*1-2;;;;/h2*3-11H,1-2H3;4H,1-3H3;1-2H3;4*1-2H3;2*1H4;;1H/i;;;;;;;;;;;1+1. The summed E-state index contributed by atoms with van der Waals surface area (Å²) in [5.41, 5.74) is 2.64. The molecule has 0 N–H and O–H groups in total. The van der Waals surface area contributed by atoms with E-state index in [0.717, 1.165) is 28.9 Å². The van der Waals surface area contributed by atoms with Crippen LogP contribution in [0.5, 0.6) is 23.0 Å². The highest BCUT2D eigenvalue weighted by atomic mass is 16.5. The molecule has 0 fully saturated rings. The summed E-state index contributed by atoms with van der Waals surface area (Å²) >= 11 is 0. The maximum Gasteiger partial charge on any atom is 0.145 e. The first kappa shape index (κ1) is 61.6. The van der Waals surface area contributed by atoms with Crippen LogP contribution in [0.2, 0.25) is 0 Å². The van der Waals surface area contributed by atoms with Crippen LogP contribution in [-0.2, 0) is 4.74 Å². The zero-order chi connectivity index (χ0) is 37.0. The Labute approximate surface area is 315 Å². The molecule has 0 saturated carbocycles. The Morgan fingerprint density at radius 2 is 0.760 bits per heavy atom. The van der Waals surface area contributed by atoms with Gasteiger partial charge >= 0.3 is 0 Å². The second kappa shape index (κ2) is 45.4. The van der Waals surface area contributed by atoms with Crippen LogP contribution in [0.15, 0.2) is 97.6 Å². The van der Waals surface area contributed by atoms with Gasteiger partial charge in [-0.15, -0.1) is 0 Å². The highest BCUT2D eigenvalue weighted by molar-refractivity contribution is 5.75. The third-order valence-electron chi connectivity index (χ3n) is 4.85. The van der Waals surface area contributed by atoms with Crippen molar-refractivity contribution in [1.82, 2.24) is 9.97 Å². The van der Waals surface area contributed by atoms with E-state index in [1.807, 2.05) is 104 Å². The fourth-order valence-corrected chi connectivity index (χ4v) is 2.93. The number of methoxy groups -OCH3 is 1. The van der Waals surface area contributed by atoms with Crippen LogP contribution in [0.25, 0.3) is 0 Å². The molecule has 5 nitrogen and oxygen atoms in total. The lowest BCUT2D eigenvalue weighted by molar-refractivity contribution is 0.277. The van der Waals surface area contributed by atoms with E-state index in [1.54, 1.807) is 39.0 Å². The molecule has 2 aromatic carbocycles. The molecule has 0 bridgehead atoms. The lowest BCUT2D eigenvalue weighted by Crippen LogP contribution is -1.88. The summed E-state index contributed by atoms with van der Waals surface area (Å²) < 4.78 is 15.6. The van der Waals surface area contributed by atoms with E-state index in [1.165, 1.54) is 11.1 Å². The summed E-state index contributed by atoms with van der Waals surface area (Å²) in [6, 6.07) is 23.8. The zero-order valence-electron chi connectivity index (χ0n) is 33.7. The van der Waals surface area contributed by atoms with Crippen molar-refractivity contribution in [2.24, 2.45) is 5.92 Å². The maximum atomic E-state index is 5.67. The van der Waals surface area contributed by atoms with Gasteiger partial charge in [0.25, 0.3) is 0 Å². The highest BCUT2D eigenvalue weighted by Gasteiger charge is 2.01. The van der Waals surface area contributed by atoms with Gasteiger partial charge in [0.15, 0.2) is 0 Å². The Morgan fingerprint density at radius 1 is 0.460 bits per heavy atom. The van der Waals surface area contributed by atoms with Crippen molar-refractivity contribution in [1.29, 1.82) is 0 Å². The molecule has 2 heterocycles.